The van der Waals surface area contributed by atoms with Crippen LogP contribution in [0.25, 0.3) is 10.8 Å². The zero-order valence-electron chi connectivity index (χ0n) is 7.73. The number of rotatable bonds is 2. The third kappa shape index (κ3) is 1.59. The molecule has 0 bridgehead atoms. The summed E-state index contributed by atoms with van der Waals surface area (Å²) in [7, 11) is 0. The molecule has 0 unspecified atom stereocenters. The molecule has 2 rings (SSSR count). The highest BCUT2D eigenvalue weighted by atomic mass is 16.4. The number of benzene rings is 2. The van der Waals surface area contributed by atoms with Crippen molar-refractivity contribution in [3.05, 3.63) is 47.5 Å². The predicted molar refractivity (Wildman–Crippen MR) is 55.7 cm³/mol. The van der Waals surface area contributed by atoms with Gasteiger partial charge in [0.2, 0.25) is 6.29 Å². The minimum atomic E-state index is -1.11. The molecule has 0 aromatic heterocycles. The van der Waals surface area contributed by atoms with Crippen molar-refractivity contribution in [2.45, 2.75) is 0 Å². The lowest BCUT2D eigenvalue weighted by atomic mass is 10.0. The van der Waals surface area contributed by atoms with Crippen molar-refractivity contribution in [3.8, 4) is 0 Å². The maximum atomic E-state index is 10.8. The summed E-state index contributed by atoms with van der Waals surface area (Å²) >= 11 is 0. The van der Waals surface area contributed by atoms with Crippen LogP contribution in [-0.4, -0.2) is 17.4 Å². The molecular weight excluding hydrogens is 192 g/mol. The summed E-state index contributed by atoms with van der Waals surface area (Å²) in [5.74, 6) is -1.11. The molecule has 0 amide bonds. The molecule has 2 aromatic rings. The van der Waals surface area contributed by atoms with Gasteiger partial charge in [-0.1, -0.05) is 24.3 Å². The van der Waals surface area contributed by atoms with Gasteiger partial charge < -0.3 is 5.11 Å². The van der Waals surface area contributed by atoms with Crippen LogP contribution in [0.3, 0.4) is 0 Å². The molecule has 1 radical (unpaired) electrons. The molecule has 0 atom stereocenters. The van der Waals surface area contributed by atoms with E-state index in [0.29, 0.717) is 0 Å². The summed E-state index contributed by atoms with van der Waals surface area (Å²) in [6, 6.07) is 10.3. The van der Waals surface area contributed by atoms with Crippen LogP contribution in [0, 0.1) is 0 Å². The van der Waals surface area contributed by atoms with E-state index in [2.05, 4.69) is 0 Å². The van der Waals surface area contributed by atoms with E-state index in [9.17, 15) is 9.59 Å². The van der Waals surface area contributed by atoms with Gasteiger partial charge in [-0.05, 0) is 22.9 Å². The lowest BCUT2D eigenvalue weighted by molar-refractivity contribution is 0.0697. The lowest BCUT2D eigenvalue weighted by Gasteiger charge is -2.02. The first-order chi connectivity index (χ1) is 7.22. The fourth-order valence-electron chi connectivity index (χ4n) is 1.50. The molecule has 73 valence electrons. The Morgan fingerprint density at radius 2 is 1.73 bits per heavy atom. The Hall–Kier alpha value is -2.16. The Morgan fingerprint density at radius 1 is 1.13 bits per heavy atom. The average molecular weight is 199 g/mol. The Kier molecular flexibility index (Phi) is 2.21. The molecule has 0 heterocycles. The maximum absolute atomic E-state index is 10.8. The van der Waals surface area contributed by atoms with Gasteiger partial charge in [-0.2, -0.15) is 0 Å². The third-order valence-corrected chi connectivity index (χ3v) is 2.23. The summed E-state index contributed by atoms with van der Waals surface area (Å²) in [6.45, 7) is 0. The largest absolute Gasteiger partial charge is 0.478 e. The summed E-state index contributed by atoms with van der Waals surface area (Å²) in [6.07, 6.45) is 1.64. The van der Waals surface area contributed by atoms with Gasteiger partial charge in [0, 0.05) is 5.56 Å². The molecule has 0 aliphatic rings. The highest BCUT2D eigenvalue weighted by Gasteiger charge is 2.10. The molecular formula is C12H7O3. The minimum Gasteiger partial charge on any atom is -0.478 e. The lowest BCUT2D eigenvalue weighted by Crippen LogP contribution is -2.01. The second-order valence-corrected chi connectivity index (χ2v) is 3.15. The van der Waals surface area contributed by atoms with Crippen LogP contribution in [0.5, 0.6) is 0 Å². The van der Waals surface area contributed by atoms with E-state index in [-0.39, 0.29) is 11.1 Å². The maximum Gasteiger partial charge on any atom is 0.336 e. The first-order valence-corrected chi connectivity index (χ1v) is 4.36. The number of carbonyl (C=O) groups excluding carboxylic acids is 1. The number of carboxylic acids is 1. The van der Waals surface area contributed by atoms with Crippen molar-refractivity contribution in [3.63, 3.8) is 0 Å². The summed E-state index contributed by atoms with van der Waals surface area (Å²) in [5, 5.41) is 10.5. The SMILES string of the molecule is O=[C]c1cc2ccccc2cc1C(=O)O. The van der Waals surface area contributed by atoms with Crippen LogP contribution >= 0.6 is 0 Å². The van der Waals surface area contributed by atoms with Gasteiger partial charge in [0.05, 0.1) is 5.56 Å². The van der Waals surface area contributed by atoms with Crippen LogP contribution in [0.1, 0.15) is 15.9 Å². The van der Waals surface area contributed by atoms with E-state index in [4.69, 9.17) is 5.11 Å². The van der Waals surface area contributed by atoms with Crippen LogP contribution in [-0.2, 0) is 4.79 Å². The van der Waals surface area contributed by atoms with Crippen LogP contribution in [0.15, 0.2) is 36.4 Å². The molecule has 3 nitrogen and oxygen atoms in total. The summed E-state index contributed by atoms with van der Waals surface area (Å²) in [5.41, 5.74) is 0.0740. The van der Waals surface area contributed by atoms with Gasteiger partial charge in [0.25, 0.3) is 0 Å². The van der Waals surface area contributed by atoms with Crippen LogP contribution < -0.4 is 0 Å². The van der Waals surface area contributed by atoms with Gasteiger partial charge in [0.1, 0.15) is 0 Å². The Labute approximate surface area is 86.0 Å². The molecule has 0 fully saturated rings. The van der Waals surface area contributed by atoms with Crippen molar-refractivity contribution in [2.24, 2.45) is 0 Å². The smallest absolute Gasteiger partial charge is 0.336 e. The molecule has 0 aliphatic heterocycles. The molecule has 15 heavy (non-hydrogen) atoms. The summed E-state index contributed by atoms with van der Waals surface area (Å²) in [4.78, 5) is 21.4. The predicted octanol–water partition coefficient (Wildman–Crippen LogP) is 2.00. The zero-order chi connectivity index (χ0) is 10.8. The standard InChI is InChI=1S/C12H7O3/c13-7-10-5-8-3-1-2-4-9(8)6-11(10)12(14)15/h1-6H,(H,14,15). The van der Waals surface area contributed by atoms with Crippen molar-refractivity contribution in [1.29, 1.82) is 0 Å². The van der Waals surface area contributed by atoms with E-state index < -0.39 is 5.97 Å². The summed E-state index contributed by atoms with van der Waals surface area (Å²) < 4.78 is 0. The van der Waals surface area contributed by atoms with Gasteiger partial charge in [-0.15, -0.1) is 0 Å². The topological polar surface area (TPSA) is 54.4 Å². The highest BCUT2D eigenvalue weighted by molar-refractivity contribution is 6.02. The molecule has 0 aliphatic carbocycles. The molecule has 0 saturated carbocycles. The molecule has 0 spiro atoms. The number of aromatic carboxylic acids is 1. The number of fused-ring (bicyclic) bond motifs is 1. The normalized spacial score (nSPS) is 10.1. The molecule has 3 heteroatoms. The van der Waals surface area contributed by atoms with Crippen LogP contribution in [0.2, 0.25) is 0 Å². The average Bonchev–Trinajstić information content (AvgIpc) is 2.27. The first-order valence-electron chi connectivity index (χ1n) is 4.36. The van der Waals surface area contributed by atoms with Gasteiger partial charge in [-0.3, -0.25) is 4.79 Å². The second kappa shape index (κ2) is 3.53. The van der Waals surface area contributed by atoms with Crippen LogP contribution in [0.4, 0.5) is 0 Å². The van der Waals surface area contributed by atoms with Gasteiger partial charge in [-0.25, -0.2) is 4.79 Å². The second-order valence-electron chi connectivity index (χ2n) is 3.15. The van der Waals surface area contributed by atoms with E-state index in [1.54, 1.807) is 12.4 Å². The number of carbonyl (C=O) groups is 1. The van der Waals surface area contributed by atoms with Crippen molar-refractivity contribution < 1.29 is 14.7 Å². The Morgan fingerprint density at radius 3 is 2.27 bits per heavy atom. The van der Waals surface area contributed by atoms with E-state index in [1.165, 1.54) is 12.1 Å². The number of hydrogen-bond donors (Lipinski definition) is 1. The Bertz CT molecular complexity index is 544. The highest BCUT2D eigenvalue weighted by Crippen LogP contribution is 2.18. The van der Waals surface area contributed by atoms with E-state index >= 15 is 0 Å². The monoisotopic (exact) mass is 199 g/mol. The fourth-order valence-corrected chi connectivity index (χ4v) is 1.50. The van der Waals surface area contributed by atoms with Crippen molar-refractivity contribution in [1.82, 2.24) is 0 Å². The third-order valence-electron chi connectivity index (χ3n) is 2.23. The van der Waals surface area contributed by atoms with Crippen molar-refractivity contribution >= 4 is 23.0 Å². The number of hydrogen-bond acceptors (Lipinski definition) is 2. The van der Waals surface area contributed by atoms with Gasteiger partial charge in [0.15, 0.2) is 0 Å². The Balaban J connectivity index is 2.80. The fraction of sp³-hybridized carbons (Fsp3) is 0. The number of carboxylic acid groups (broad SMARTS) is 1. The van der Waals surface area contributed by atoms with E-state index in [0.717, 1.165) is 10.8 Å². The van der Waals surface area contributed by atoms with Gasteiger partial charge >= 0.3 is 5.97 Å². The minimum absolute atomic E-state index is 0.0105. The molecule has 2 aromatic carbocycles. The molecule has 1 N–H and O–H groups in total. The quantitative estimate of drug-likeness (QED) is 0.804. The van der Waals surface area contributed by atoms with Crippen molar-refractivity contribution in [2.75, 3.05) is 0 Å². The first kappa shape index (κ1) is 9.40. The zero-order valence-corrected chi connectivity index (χ0v) is 7.73. The molecule has 0 saturated heterocycles. The van der Waals surface area contributed by atoms with E-state index in [1.807, 2.05) is 18.2 Å².